The summed E-state index contributed by atoms with van der Waals surface area (Å²) in [6.07, 6.45) is 0. The van der Waals surface area contributed by atoms with E-state index in [0.29, 0.717) is 52.5 Å². The molecule has 0 aromatic heterocycles. The summed E-state index contributed by atoms with van der Waals surface area (Å²) < 4.78 is 18.3. The summed E-state index contributed by atoms with van der Waals surface area (Å²) in [5.74, 6) is -0.197. The van der Waals surface area contributed by atoms with Gasteiger partial charge in [0.25, 0.3) is 0 Å². The Morgan fingerprint density at radius 2 is 1.71 bits per heavy atom. The number of nitrogens with one attached hydrogen (secondary N) is 1. The van der Waals surface area contributed by atoms with Gasteiger partial charge in [-0.3, -0.25) is 19.4 Å². The Morgan fingerprint density at radius 3 is 2.36 bits per heavy atom. The van der Waals surface area contributed by atoms with E-state index >= 15 is 0 Å². The van der Waals surface area contributed by atoms with E-state index in [4.69, 9.17) is 4.74 Å². The Bertz CT molecular complexity index is 656. The molecule has 1 atom stereocenters. The van der Waals surface area contributed by atoms with Crippen LogP contribution in [0.2, 0.25) is 0 Å². The number of nitrogens with zero attached hydrogens (tertiary/aromatic N) is 3. The highest BCUT2D eigenvalue weighted by Crippen LogP contribution is 2.09. The topological polar surface area (TPSA) is 65.1 Å². The average molecular weight is 392 g/mol. The molecule has 154 valence electrons. The molecule has 1 aromatic rings. The molecule has 2 fully saturated rings. The summed E-state index contributed by atoms with van der Waals surface area (Å²) in [6.45, 7) is 8.31. The van der Waals surface area contributed by atoms with Crippen LogP contribution in [0.3, 0.4) is 0 Å². The van der Waals surface area contributed by atoms with Crippen LogP contribution in [0.25, 0.3) is 0 Å². The van der Waals surface area contributed by atoms with Crippen molar-refractivity contribution in [3.05, 3.63) is 35.6 Å². The van der Waals surface area contributed by atoms with Crippen molar-refractivity contribution in [2.24, 2.45) is 0 Å². The van der Waals surface area contributed by atoms with Gasteiger partial charge in [0, 0.05) is 45.8 Å². The molecule has 0 saturated carbocycles. The van der Waals surface area contributed by atoms with E-state index < -0.39 is 0 Å². The molecule has 0 spiro atoms. The predicted molar refractivity (Wildman–Crippen MR) is 103 cm³/mol. The molecule has 0 bridgehead atoms. The van der Waals surface area contributed by atoms with Crippen molar-refractivity contribution < 1.29 is 18.7 Å². The molecular weight excluding hydrogens is 363 g/mol. The minimum absolute atomic E-state index is 0.0579. The van der Waals surface area contributed by atoms with Crippen LogP contribution in [-0.2, 0) is 20.9 Å². The van der Waals surface area contributed by atoms with Crippen molar-refractivity contribution >= 4 is 11.8 Å². The number of hydrogen-bond donors (Lipinski definition) is 1. The minimum Gasteiger partial charge on any atom is -0.379 e. The van der Waals surface area contributed by atoms with E-state index in [9.17, 15) is 14.0 Å². The molecule has 2 saturated heterocycles. The first-order valence-electron chi connectivity index (χ1n) is 9.87. The summed E-state index contributed by atoms with van der Waals surface area (Å²) >= 11 is 0. The van der Waals surface area contributed by atoms with Crippen LogP contribution in [0.5, 0.6) is 0 Å². The number of amides is 2. The number of carbonyl (C=O) groups is 2. The molecule has 2 amide bonds. The molecule has 1 aromatic carbocycles. The van der Waals surface area contributed by atoms with Gasteiger partial charge < -0.3 is 15.0 Å². The monoisotopic (exact) mass is 392 g/mol. The number of rotatable bonds is 6. The number of benzene rings is 1. The molecule has 2 aliphatic rings. The average Bonchev–Trinajstić information content (AvgIpc) is 2.73. The van der Waals surface area contributed by atoms with E-state index in [1.54, 1.807) is 12.1 Å². The normalized spacial score (nSPS) is 20.0. The van der Waals surface area contributed by atoms with Gasteiger partial charge in [0.1, 0.15) is 5.82 Å². The van der Waals surface area contributed by atoms with Crippen molar-refractivity contribution in [3.63, 3.8) is 0 Å². The van der Waals surface area contributed by atoms with Gasteiger partial charge in [-0.25, -0.2) is 4.39 Å². The van der Waals surface area contributed by atoms with Crippen molar-refractivity contribution in [3.8, 4) is 0 Å². The van der Waals surface area contributed by atoms with E-state index in [0.717, 1.165) is 18.7 Å². The van der Waals surface area contributed by atoms with Crippen LogP contribution in [0.1, 0.15) is 12.5 Å². The first-order valence-corrected chi connectivity index (χ1v) is 9.87. The lowest BCUT2D eigenvalue weighted by Crippen LogP contribution is -2.56. The summed E-state index contributed by atoms with van der Waals surface area (Å²) in [6, 6.07) is 5.84. The molecule has 1 N–H and O–H groups in total. The number of ether oxygens (including phenoxy) is 1. The standard InChI is InChI=1S/C20H29FN4O3/c1-16(20(27)22-14-17-2-4-18(21)5-3-17)24-6-8-25(9-7-24)19(26)15-23-10-12-28-13-11-23/h2-5,16H,6-15H2,1H3,(H,22,27). The Morgan fingerprint density at radius 1 is 1.07 bits per heavy atom. The van der Waals surface area contributed by atoms with Gasteiger partial charge in [0.2, 0.25) is 11.8 Å². The van der Waals surface area contributed by atoms with Crippen LogP contribution < -0.4 is 5.32 Å². The molecule has 2 heterocycles. The number of piperazine rings is 1. The zero-order chi connectivity index (χ0) is 19.9. The van der Waals surface area contributed by atoms with Crippen LogP contribution >= 0.6 is 0 Å². The zero-order valence-corrected chi connectivity index (χ0v) is 16.4. The second kappa shape index (κ2) is 9.95. The highest BCUT2D eigenvalue weighted by molar-refractivity contribution is 5.81. The fraction of sp³-hybridized carbons (Fsp3) is 0.600. The third kappa shape index (κ3) is 5.73. The molecule has 0 aliphatic carbocycles. The molecule has 0 radical (unpaired) electrons. The van der Waals surface area contributed by atoms with Crippen LogP contribution in [0.15, 0.2) is 24.3 Å². The van der Waals surface area contributed by atoms with Crippen molar-refractivity contribution in [2.45, 2.75) is 19.5 Å². The van der Waals surface area contributed by atoms with E-state index in [1.165, 1.54) is 12.1 Å². The van der Waals surface area contributed by atoms with Crippen molar-refractivity contribution in [1.82, 2.24) is 20.0 Å². The number of carbonyl (C=O) groups excluding carboxylic acids is 2. The van der Waals surface area contributed by atoms with Gasteiger partial charge in [-0.05, 0) is 24.6 Å². The molecular formula is C20H29FN4O3. The highest BCUT2D eigenvalue weighted by atomic mass is 19.1. The third-order valence-corrected chi connectivity index (χ3v) is 5.44. The maximum Gasteiger partial charge on any atom is 0.237 e. The van der Waals surface area contributed by atoms with Gasteiger partial charge in [-0.1, -0.05) is 12.1 Å². The number of morpholine rings is 1. The Balaban J connectivity index is 1.39. The number of halogens is 1. The second-order valence-corrected chi connectivity index (χ2v) is 7.33. The molecule has 8 heteroatoms. The van der Waals surface area contributed by atoms with Crippen LogP contribution in [0, 0.1) is 5.82 Å². The zero-order valence-electron chi connectivity index (χ0n) is 16.4. The summed E-state index contributed by atoms with van der Waals surface area (Å²) in [7, 11) is 0. The molecule has 7 nitrogen and oxygen atoms in total. The molecule has 1 unspecified atom stereocenters. The third-order valence-electron chi connectivity index (χ3n) is 5.44. The molecule has 2 aliphatic heterocycles. The van der Waals surface area contributed by atoms with E-state index in [1.807, 2.05) is 11.8 Å². The summed E-state index contributed by atoms with van der Waals surface area (Å²) in [5.41, 5.74) is 0.862. The summed E-state index contributed by atoms with van der Waals surface area (Å²) in [5, 5.41) is 2.90. The van der Waals surface area contributed by atoms with E-state index in [2.05, 4.69) is 15.1 Å². The van der Waals surface area contributed by atoms with Crippen LogP contribution in [-0.4, -0.2) is 91.6 Å². The lowest BCUT2D eigenvalue weighted by molar-refractivity contribution is -0.136. The van der Waals surface area contributed by atoms with Crippen LogP contribution in [0.4, 0.5) is 4.39 Å². The van der Waals surface area contributed by atoms with Gasteiger partial charge >= 0.3 is 0 Å². The first-order chi connectivity index (χ1) is 13.5. The SMILES string of the molecule is CC(C(=O)NCc1ccc(F)cc1)N1CCN(C(=O)CN2CCOCC2)CC1. The Labute approximate surface area is 165 Å². The van der Waals surface area contributed by atoms with Crippen molar-refractivity contribution in [2.75, 3.05) is 59.0 Å². The Hall–Kier alpha value is -2.03. The first kappa shape index (κ1) is 20.7. The second-order valence-electron chi connectivity index (χ2n) is 7.33. The summed E-state index contributed by atoms with van der Waals surface area (Å²) in [4.78, 5) is 31.0. The fourth-order valence-electron chi connectivity index (χ4n) is 3.51. The minimum atomic E-state index is -0.288. The van der Waals surface area contributed by atoms with E-state index in [-0.39, 0.29) is 23.7 Å². The quantitative estimate of drug-likeness (QED) is 0.755. The highest BCUT2D eigenvalue weighted by Gasteiger charge is 2.28. The van der Waals surface area contributed by atoms with Gasteiger partial charge in [-0.2, -0.15) is 0 Å². The predicted octanol–water partition coefficient (Wildman–Crippen LogP) is 0.307. The maximum absolute atomic E-state index is 12.9. The van der Waals surface area contributed by atoms with Gasteiger partial charge in [-0.15, -0.1) is 0 Å². The molecule has 28 heavy (non-hydrogen) atoms. The molecule has 3 rings (SSSR count). The van der Waals surface area contributed by atoms with Crippen molar-refractivity contribution in [1.29, 1.82) is 0 Å². The lowest BCUT2D eigenvalue weighted by Gasteiger charge is -2.38. The number of hydrogen-bond acceptors (Lipinski definition) is 5. The Kier molecular flexibility index (Phi) is 7.36. The largest absolute Gasteiger partial charge is 0.379 e. The fourth-order valence-corrected chi connectivity index (χ4v) is 3.51. The van der Waals surface area contributed by atoms with Gasteiger partial charge in [0.15, 0.2) is 0 Å². The van der Waals surface area contributed by atoms with Gasteiger partial charge in [0.05, 0.1) is 25.8 Å². The maximum atomic E-state index is 12.9. The lowest BCUT2D eigenvalue weighted by atomic mass is 10.2. The smallest absolute Gasteiger partial charge is 0.237 e.